The van der Waals surface area contributed by atoms with Gasteiger partial charge >= 0.3 is 5.97 Å². The molecule has 4 rings (SSSR count). The maximum Gasteiger partial charge on any atom is 0.331 e. The van der Waals surface area contributed by atoms with Gasteiger partial charge in [0, 0.05) is 31.0 Å². The minimum atomic E-state index is -0.952. The van der Waals surface area contributed by atoms with Gasteiger partial charge in [0.05, 0.1) is 5.41 Å². The average Bonchev–Trinajstić information content (AvgIpc) is 2.90. The lowest BCUT2D eigenvalue weighted by Gasteiger charge is -2.36. The quantitative estimate of drug-likeness (QED) is 0.328. The van der Waals surface area contributed by atoms with Crippen LogP contribution >= 0.6 is 0 Å². The fourth-order valence-electron chi connectivity index (χ4n) is 5.15. The van der Waals surface area contributed by atoms with Crippen LogP contribution in [0.3, 0.4) is 0 Å². The largest absolute Gasteiger partial charge is 0.478 e. The SMILES string of the molecule is C/C(=C\c1cccc(NC(=O)C2(Cc3ccc(-c4ccc(N(C)C)cc4)cc3)CCCCC2)c1)C(=O)O. The molecule has 1 saturated carbocycles. The molecule has 0 radical (unpaired) electrons. The molecule has 1 fully saturated rings. The fraction of sp³-hybridized carbons (Fsp3) is 0.312. The number of amides is 1. The molecule has 3 aromatic carbocycles. The Bertz CT molecular complexity index is 1270. The molecule has 5 heteroatoms. The Morgan fingerprint density at radius 1 is 0.919 bits per heavy atom. The molecule has 0 unspecified atom stereocenters. The molecule has 1 aliphatic carbocycles. The number of carboxylic acids is 1. The number of aliphatic carboxylic acids is 1. The van der Waals surface area contributed by atoms with E-state index in [2.05, 4.69) is 58.7 Å². The van der Waals surface area contributed by atoms with Gasteiger partial charge in [-0.2, -0.15) is 0 Å². The molecule has 192 valence electrons. The van der Waals surface area contributed by atoms with Gasteiger partial charge in [-0.05, 0) is 78.8 Å². The summed E-state index contributed by atoms with van der Waals surface area (Å²) in [6.45, 7) is 1.56. The van der Waals surface area contributed by atoms with Crippen LogP contribution in [0, 0.1) is 5.41 Å². The van der Waals surface area contributed by atoms with Crippen molar-refractivity contribution in [2.45, 2.75) is 45.4 Å². The molecule has 0 aliphatic heterocycles. The molecule has 0 bridgehead atoms. The van der Waals surface area contributed by atoms with E-state index in [4.69, 9.17) is 0 Å². The lowest BCUT2D eigenvalue weighted by molar-refractivity contribution is -0.132. The van der Waals surface area contributed by atoms with E-state index in [9.17, 15) is 14.7 Å². The smallest absolute Gasteiger partial charge is 0.331 e. The van der Waals surface area contributed by atoms with Gasteiger partial charge < -0.3 is 15.3 Å². The molecule has 0 aromatic heterocycles. The van der Waals surface area contributed by atoms with Crippen molar-refractivity contribution in [1.29, 1.82) is 0 Å². The first kappa shape index (κ1) is 26.2. The van der Waals surface area contributed by atoms with Crippen LogP contribution in [0.25, 0.3) is 17.2 Å². The normalized spacial score (nSPS) is 15.2. The average molecular weight is 497 g/mol. The van der Waals surface area contributed by atoms with Crippen LogP contribution in [0.5, 0.6) is 0 Å². The molecule has 1 aliphatic rings. The number of benzene rings is 3. The standard InChI is InChI=1S/C32H36N2O3/c1-23(30(35)36)20-25-8-7-9-28(21-25)33-31(37)32(18-5-4-6-19-32)22-24-10-12-26(13-11-24)27-14-16-29(17-15-27)34(2)3/h7-17,20-21H,4-6,18-19,22H2,1-3H3,(H,33,37)(H,35,36)/b23-20+. The van der Waals surface area contributed by atoms with E-state index >= 15 is 0 Å². The number of nitrogens with zero attached hydrogens (tertiary/aromatic N) is 1. The van der Waals surface area contributed by atoms with E-state index < -0.39 is 11.4 Å². The summed E-state index contributed by atoms with van der Waals surface area (Å²) in [6, 6.07) is 24.5. The number of nitrogens with one attached hydrogen (secondary N) is 1. The zero-order valence-corrected chi connectivity index (χ0v) is 22.0. The second-order valence-corrected chi connectivity index (χ2v) is 10.4. The first-order valence-corrected chi connectivity index (χ1v) is 13.0. The number of hydrogen-bond acceptors (Lipinski definition) is 3. The van der Waals surface area contributed by atoms with Gasteiger partial charge in [0.15, 0.2) is 0 Å². The summed E-state index contributed by atoms with van der Waals surface area (Å²) in [6.07, 6.45) is 7.30. The topological polar surface area (TPSA) is 69.6 Å². The molecular weight excluding hydrogens is 460 g/mol. The Labute approximate surface area is 219 Å². The van der Waals surface area contributed by atoms with Crippen LogP contribution in [0.4, 0.5) is 11.4 Å². The number of carboxylic acid groups (broad SMARTS) is 1. The van der Waals surface area contributed by atoms with E-state index in [0.29, 0.717) is 12.1 Å². The van der Waals surface area contributed by atoms with E-state index in [0.717, 1.165) is 43.2 Å². The summed E-state index contributed by atoms with van der Waals surface area (Å²) < 4.78 is 0. The molecule has 5 nitrogen and oxygen atoms in total. The second kappa shape index (κ2) is 11.5. The zero-order valence-electron chi connectivity index (χ0n) is 22.0. The molecule has 0 heterocycles. The fourth-order valence-corrected chi connectivity index (χ4v) is 5.15. The van der Waals surface area contributed by atoms with Gasteiger partial charge in [-0.3, -0.25) is 4.79 Å². The van der Waals surface area contributed by atoms with Gasteiger partial charge in [-0.15, -0.1) is 0 Å². The second-order valence-electron chi connectivity index (χ2n) is 10.4. The van der Waals surface area contributed by atoms with Crippen molar-refractivity contribution in [3.05, 3.63) is 89.5 Å². The Morgan fingerprint density at radius 3 is 2.14 bits per heavy atom. The molecule has 0 spiro atoms. The summed E-state index contributed by atoms with van der Waals surface area (Å²) in [5, 5.41) is 12.3. The molecule has 37 heavy (non-hydrogen) atoms. The third-order valence-electron chi connectivity index (χ3n) is 7.37. The molecule has 1 amide bonds. The van der Waals surface area contributed by atoms with Crippen LogP contribution in [0.1, 0.15) is 50.2 Å². The van der Waals surface area contributed by atoms with Crippen molar-refractivity contribution in [1.82, 2.24) is 0 Å². The van der Waals surface area contributed by atoms with Crippen molar-refractivity contribution in [2.75, 3.05) is 24.3 Å². The highest BCUT2D eigenvalue weighted by atomic mass is 16.4. The summed E-state index contributed by atoms with van der Waals surface area (Å²) in [5.74, 6) is -0.904. The maximum atomic E-state index is 13.7. The van der Waals surface area contributed by atoms with Crippen molar-refractivity contribution in [3.63, 3.8) is 0 Å². The predicted molar refractivity (Wildman–Crippen MR) is 152 cm³/mol. The number of carbonyl (C=O) groups excluding carboxylic acids is 1. The molecule has 3 aromatic rings. The van der Waals surface area contributed by atoms with Crippen LogP contribution in [-0.2, 0) is 16.0 Å². The highest BCUT2D eigenvalue weighted by molar-refractivity contribution is 5.96. The molecular formula is C32H36N2O3. The van der Waals surface area contributed by atoms with Gasteiger partial charge in [-0.1, -0.05) is 67.8 Å². The van der Waals surface area contributed by atoms with E-state index in [-0.39, 0.29) is 11.5 Å². The van der Waals surface area contributed by atoms with Gasteiger partial charge in [0.25, 0.3) is 0 Å². The van der Waals surface area contributed by atoms with Crippen LogP contribution < -0.4 is 10.2 Å². The molecule has 0 atom stereocenters. The van der Waals surface area contributed by atoms with Crippen molar-refractivity contribution in [3.8, 4) is 11.1 Å². The molecule has 0 saturated heterocycles. The number of rotatable bonds is 8. The predicted octanol–water partition coefficient (Wildman–Crippen LogP) is 7.04. The first-order chi connectivity index (χ1) is 17.8. The lowest BCUT2D eigenvalue weighted by atomic mass is 9.69. The zero-order chi connectivity index (χ0) is 26.4. The van der Waals surface area contributed by atoms with Crippen molar-refractivity contribution >= 4 is 29.3 Å². The summed E-state index contributed by atoms with van der Waals surface area (Å²) in [5.41, 5.74) is 5.93. The Morgan fingerprint density at radius 2 is 1.54 bits per heavy atom. The maximum absolute atomic E-state index is 13.7. The number of carbonyl (C=O) groups is 2. The summed E-state index contributed by atoms with van der Waals surface area (Å²) >= 11 is 0. The monoisotopic (exact) mass is 496 g/mol. The van der Waals surface area contributed by atoms with Gasteiger partial charge in [-0.25, -0.2) is 4.79 Å². The molecule has 2 N–H and O–H groups in total. The number of anilines is 2. The highest BCUT2D eigenvalue weighted by Crippen LogP contribution is 2.41. The third kappa shape index (κ3) is 6.48. The van der Waals surface area contributed by atoms with E-state index in [1.807, 2.05) is 38.4 Å². The first-order valence-electron chi connectivity index (χ1n) is 13.0. The Balaban J connectivity index is 1.51. The summed E-state index contributed by atoms with van der Waals surface area (Å²) in [4.78, 5) is 27.0. The Hall–Kier alpha value is -3.86. The minimum Gasteiger partial charge on any atom is -0.478 e. The van der Waals surface area contributed by atoms with Crippen LogP contribution in [-0.4, -0.2) is 31.1 Å². The minimum absolute atomic E-state index is 0.0478. The highest BCUT2D eigenvalue weighted by Gasteiger charge is 2.39. The van der Waals surface area contributed by atoms with E-state index in [1.165, 1.54) is 16.8 Å². The van der Waals surface area contributed by atoms with Crippen molar-refractivity contribution in [2.24, 2.45) is 5.41 Å². The van der Waals surface area contributed by atoms with Crippen LogP contribution in [0.2, 0.25) is 0 Å². The Kier molecular flexibility index (Phi) is 8.12. The summed E-state index contributed by atoms with van der Waals surface area (Å²) in [7, 11) is 4.07. The lowest BCUT2D eigenvalue weighted by Crippen LogP contribution is -2.40. The number of hydrogen-bond donors (Lipinski definition) is 2. The van der Waals surface area contributed by atoms with Gasteiger partial charge in [0.2, 0.25) is 5.91 Å². The van der Waals surface area contributed by atoms with Crippen molar-refractivity contribution < 1.29 is 14.7 Å². The van der Waals surface area contributed by atoms with Gasteiger partial charge in [0.1, 0.15) is 0 Å². The third-order valence-corrected chi connectivity index (χ3v) is 7.37. The van der Waals surface area contributed by atoms with Crippen LogP contribution in [0.15, 0.2) is 78.4 Å². The van der Waals surface area contributed by atoms with E-state index in [1.54, 1.807) is 13.0 Å².